The quantitative estimate of drug-likeness (QED) is 0.616. The molecule has 0 aromatic carbocycles. The Morgan fingerprint density at radius 1 is 0.957 bits per heavy atom. The van der Waals surface area contributed by atoms with Crippen LogP contribution in [-0.2, 0) is 0 Å². The molecule has 3 aliphatic heterocycles. The van der Waals surface area contributed by atoms with E-state index in [-0.39, 0.29) is 0 Å². The molecule has 0 bridgehead atoms. The van der Waals surface area contributed by atoms with Crippen molar-refractivity contribution in [2.75, 3.05) is 32.7 Å². The van der Waals surface area contributed by atoms with Crippen LogP contribution >= 0.6 is 15.9 Å². The molecular formula is C18H31BrN4. The number of allylic oxidation sites excluding steroid dienone is 2. The summed E-state index contributed by atoms with van der Waals surface area (Å²) in [6, 6.07) is 1.74. The van der Waals surface area contributed by atoms with E-state index in [9.17, 15) is 0 Å². The second-order valence-electron chi connectivity index (χ2n) is 7.16. The van der Waals surface area contributed by atoms with Gasteiger partial charge in [-0.3, -0.25) is 4.90 Å². The molecule has 3 rings (SSSR count). The molecule has 3 aliphatic rings. The summed E-state index contributed by atoms with van der Waals surface area (Å²) in [6.07, 6.45) is 14.6. The van der Waals surface area contributed by atoms with E-state index >= 15 is 0 Å². The highest BCUT2D eigenvalue weighted by molar-refractivity contribution is 9.11. The Bertz CT molecular complexity index is 391. The Hall–Kier alpha value is -0.360. The van der Waals surface area contributed by atoms with Crippen molar-refractivity contribution in [3.05, 3.63) is 22.8 Å². The fourth-order valence-corrected chi connectivity index (χ4v) is 4.39. The molecule has 0 amide bonds. The van der Waals surface area contributed by atoms with Crippen molar-refractivity contribution in [2.24, 2.45) is 0 Å². The van der Waals surface area contributed by atoms with Crippen LogP contribution in [0.3, 0.4) is 0 Å². The first-order chi connectivity index (χ1) is 11.3. The first-order valence-electron chi connectivity index (χ1n) is 9.29. The standard InChI is InChI=1S/C18H31BrN4/c19-18-9-5-8-17(22-18)14-23(12-15-6-1-3-10-20-15)13-16-7-2-4-11-21-16/h5,8-9,15-17,20-22H,1-4,6-7,10-14H2. The van der Waals surface area contributed by atoms with Gasteiger partial charge in [0.25, 0.3) is 0 Å². The molecule has 130 valence electrons. The zero-order valence-corrected chi connectivity index (χ0v) is 15.7. The smallest absolute Gasteiger partial charge is 0.0784 e. The van der Waals surface area contributed by atoms with Crippen LogP contribution in [0.4, 0.5) is 0 Å². The highest BCUT2D eigenvalue weighted by atomic mass is 79.9. The zero-order chi connectivity index (χ0) is 15.9. The highest BCUT2D eigenvalue weighted by Gasteiger charge is 2.23. The summed E-state index contributed by atoms with van der Waals surface area (Å²) in [5, 5.41) is 11.0. The second kappa shape index (κ2) is 9.21. The van der Waals surface area contributed by atoms with Crippen molar-refractivity contribution >= 4 is 15.9 Å². The first kappa shape index (κ1) is 17.5. The maximum atomic E-state index is 3.71. The SMILES string of the molecule is BrC1=CC=CC(CN(CC2CCCCN2)CC2CCCCN2)N1. The maximum Gasteiger partial charge on any atom is 0.0784 e. The van der Waals surface area contributed by atoms with Crippen LogP contribution in [0, 0.1) is 0 Å². The minimum Gasteiger partial charge on any atom is -0.372 e. The van der Waals surface area contributed by atoms with Crippen LogP contribution in [0.5, 0.6) is 0 Å². The first-order valence-corrected chi connectivity index (χ1v) is 10.1. The number of hydrogen-bond acceptors (Lipinski definition) is 4. The van der Waals surface area contributed by atoms with Gasteiger partial charge < -0.3 is 16.0 Å². The Morgan fingerprint density at radius 3 is 2.13 bits per heavy atom. The van der Waals surface area contributed by atoms with E-state index in [0.29, 0.717) is 18.1 Å². The number of nitrogens with one attached hydrogen (secondary N) is 3. The van der Waals surface area contributed by atoms with Crippen LogP contribution in [0.25, 0.3) is 0 Å². The third-order valence-electron chi connectivity index (χ3n) is 5.15. The van der Waals surface area contributed by atoms with Gasteiger partial charge in [-0.25, -0.2) is 0 Å². The van der Waals surface area contributed by atoms with Gasteiger partial charge in [-0.2, -0.15) is 0 Å². The van der Waals surface area contributed by atoms with Crippen molar-refractivity contribution in [3.8, 4) is 0 Å². The average Bonchev–Trinajstić information content (AvgIpc) is 2.57. The zero-order valence-electron chi connectivity index (χ0n) is 14.1. The van der Waals surface area contributed by atoms with Gasteiger partial charge >= 0.3 is 0 Å². The second-order valence-corrected chi connectivity index (χ2v) is 8.02. The third kappa shape index (κ3) is 5.89. The van der Waals surface area contributed by atoms with E-state index in [0.717, 1.165) is 11.2 Å². The van der Waals surface area contributed by atoms with Crippen LogP contribution < -0.4 is 16.0 Å². The Balaban J connectivity index is 1.55. The molecule has 0 aliphatic carbocycles. The average molecular weight is 383 g/mol. The fourth-order valence-electron chi connectivity index (χ4n) is 3.94. The minimum atomic E-state index is 0.404. The lowest BCUT2D eigenvalue weighted by Gasteiger charge is -2.36. The number of piperidine rings is 2. The summed E-state index contributed by atoms with van der Waals surface area (Å²) in [4.78, 5) is 2.67. The fraction of sp³-hybridized carbons (Fsp3) is 0.778. The Labute approximate surface area is 149 Å². The lowest BCUT2D eigenvalue weighted by atomic mass is 10.0. The van der Waals surface area contributed by atoms with Crippen LogP contribution in [0.15, 0.2) is 22.8 Å². The van der Waals surface area contributed by atoms with E-state index in [2.05, 4.69) is 55.0 Å². The molecule has 0 saturated carbocycles. The summed E-state index contributed by atoms with van der Waals surface area (Å²) in [7, 11) is 0. The van der Waals surface area contributed by atoms with E-state index in [4.69, 9.17) is 0 Å². The van der Waals surface area contributed by atoms with Gasteiger partial charge in [0.1, 0.15) is 0 Å². The van der Waals surface area contributed by atoms with Crippen molar-refractivity contribution in [3.63, 3.8) is 0 Å². The summed E-state index contributed by atoms with van der Waals surface area (Å²) in [6.45, 7) is 5.80. The van der Waals surface area contributed by atoms with Crippen molar-refractivity contribution in [2.45, 2.75) is 56.7 Å². The number of hydrogen-bond donors (Lipinski definition) is 3. The Kier molecular flexibility index (Phi) is 6.99. The number of nitrogens with zero attached hydrogens (tertiary/aromatic N) is 1. The molecule has 3 N–H and O–H groups in total. The van der Waals surface area contributed by atoms with Crippen molar-refractivity contribution in [1.29, 1.82) is 0 Å². The van der Waals surface area contributed by atoms with Gasteiger partial charge in [-0.1, -0.05) is 25.0 Å². The van der Waals surface area contributed by atoms with E-state index in [1.54, 1.807) is 0 Å². The molecular weight excluding hydrogens is 352 g/mol. The molecule has 0 aromatic rings. The molecule has 0 radical (unpaired) electrons. The summed E-state index contributed by atoms with van der Waals surface area (Å²) >= 11 is 3.57. The van der Waals surface area contributed by atoms with Gasteiger partial charge in [0, 0.05) is 31.7 Å². The van der Waals surface area contributed by atoms with E-state index < -0.39 is 0 Å². The largest absolute Gasteiger partial charge is 0.372 e. The predicted molar refractivity (Wildman–Crippen MR) is 101 cm³/mol. The normalized spacial score (nSPS) is 31.7. The lowest BCUT2D eigenvalue weighted by molar-refractivity contribution is 0.185. The van der Waals surface area contributed by atoms with Crippen LogP contribution in [0.2, 0.25) is 0 Å². The highest BCUT2D eigenvalue weighted by Crippen LogP contribution is 2.14. The maximum absolute atomic E-state index is 3.71. The van der Waals surface area contributed by atoms with Crippen LogP contribution in [-0.4, -0.2) is 55.7 Å². The molecule has 3 heterocycles. The van der Waals surface area contributed by atoms with Crippen LogP contribution in [0.1, 0.15) is 38.5 Å². The number of dihydropyridines is 1. The van der Waals surface area contributed by atoms with E-state index in [1.165, 1.54) is 64.7 Å². The van der Waals surface area contributed by atoms with Gasteiger partial charge in [-0.05, 0) is 60.8 Å². The number of halogens is 1. The predicted octanol–water partition coefficient (Wildman–Crippen LogP) is 2.34. The van der Waals surface area contributed by atoms with Gasteiger partial charge in [-0.15, -0.1) is 0 Å². The molecule has 2 saturated heterocycles. The molecule has 3 atom stereocenters. The monoisotopic (exact) mass is 382 g/mol. The third-order valence-corrected chi connectivity index (χ3v) is 5.64. The van der Waals surface area contributed by atoms with Crippen molar-refractivity contribution < 1.29 is 0 Å². The summed E-state index contributed by atoms with van der Waals surface area (Å²) in [5.74, 6) is 0. The molecule has 0 aromatic heterocycles. The minimum absolute atomic E-state index is 0.404. The van der Waals surface area contributed by atoms with Gasteiger partial charge in [0.05, 0.1) is 10.6 Å². The molecule has 23 heavy (non-hydrogen) atoms. The Morgan fingerprint density at radius 2 is 1.61 bits per heavy atom. The molecule has 5 heteroatoms. The molecule has 2 fully saturated rings. The molecule has 0 spiro atoms. The molecule has 4 nitrogen and oxygen atoms in total. The topological polar surface area (TPSA) is 39.3 Å². The molecule has 3 unspecified atom stereocenters. The number of rotatable bonds is 6. The lowest BCUT2D eigenvalue weighted by Crippen LogP contribution is -2.52. The summed E-state index contributed by atoms with van der Waals surface area (Å²) in [5.41, 5.74) is 0. The van der Waals surface area contributed by atoms with Gasteiger partial charge in [0.2, 0.25) is 0 Å². The van der Waals surface area contributed by atoms with E-state index in [1.807, 2.05) is 0 Å². The summed E-state index contributed by atoms with van der Waals surface area (Å²) < 4.78 is 1.09. The van der Waals surface area contributed by atoms with Crippen molar-refractivity contribution in [1.82, 2.24) is 20.9 Å². The van der Waals surface area contributed by atoms with Gasteiger partial charge in [0.15, 0.2) is 0 Å².